The highest BCUT2D eigenvalue weighted by molar-refractivity contribution is 5.76. The zero-order valence-electron chi connectivity index (χ0n) is 15.7. The molecule has 0 bridgehead atoms. The van der Waals surface area contributed by atoms with Crippen LogP contribution in [0.2, 0.25) is 0 Å². The molecule has 0 radical (unpaired) electrons. The number of anilines is 1. The van der Waals surface area contributed by atoms with Crippen LogP contribution in [0, 0.1) is 6.92 Å². The van der Waals surface area contributed by atoms with Crippen LogP contribution in [0.1, 0.15) is 30.7 Å². The minimum absolute atomic E-state index is 0.0290. The van der Waals surface area contributed by atoms with Gasteiger partial charge in [-0.2, -0.15) is 0 Å². The molecule has 0 aliphatic carbocycles. The maximum Gasteiger partial charge on any atom is 0.255 e. The van der Waals surface area contributed by atoms with Gasteiger partial charge in [-0.25, -0.2) is 4.98 Å². The standard InChI is InChI=1S/C20H26N4O2/c1-4-22(5-2)19(26)14-24-18(25)12-15(3)21-20(24)23-11-10-16-8-6-7-9-17(16)13-23/h6-9,12H,4-5,10-11,13-14H2,1-3H3. The maximum absolute atomic E-state index is 12.6. The molecule has 138 valence electrons. The second kappa shape index (κ2) is 7.72. The number of benzene rings is 1. The number of carbonyl (C=O) groups is 1. The molecule has 0 unspecified atom stereocenters. The molecule has 2 heterocycles. The Labute approximate surface area is 154 Å². The van der Waals surface area contributed by atoms with Gasteiger partial charge < -0.3 is 9.80 Å². The molecule has 1 aromatic heterocycles. The fourth-order valence-corrected chi connectivity index (χ4v) is 3.47. The third kappa shape index (κ3) is 3.64. The van der Waals surface area contributed by atoms with E-state index in [4.69, 9.17) is 0 Å². The van der Waals surface area contributed by atoms with Gasteiger partial charge >= 0.3 is 0 Å². The number of hydrogen-bond donors (Lipinski definition) is 0. The van der Waals surface area contributed by atoms with Gasteiger partial charge in [0, 0.05) is 37.9 Å². The average molecular weight is 354 g/mol. The Morgan fingerprint density at radius 3 is 2.58 bits per heavy atom. The Kier molecular flexibility index (Phi) is 5.40. The maximum atomic E-state index is 12.6. The molecule has 1 amide bonds. The third-order valence-corrected chi connectivity index (χ3v) is 4.94. The predicted octanol–water partition coefficient (Wildman–Crippen LogP) is 1.98. The molecule has 0 fully saturated rings. The topological polar surface area (TPSA) is 58.4 Å². The van der Waals surface area contributed by atoms with Crippen LogP contribution in [0.25, 0.3) is 0 Å². The molecule has 1 aromatic carbocycles. The summed E-state index contributed by atoms with van der Waals surface area (Å²) in [6.07, 6.45) is 0.907. The number of amides is 1. The van der Waals surface area contributed by atoms with E-state index in [1.165, 1.54) is 21.8 Å². The molecule has 0 atom stereocenters. The lowest BCUT2D eigenvalue weighted by molar-refractivity contribution is -0.131. The first kappa shape index (κ1) is 18.2. The summed E-state index contributed by atoms with van der Waals surface area (Å²) in [5, 5.41) is 0. The largest absolute Gasteiger partial charge is 0.342 e. The Morgan fingerprint density at radius 1 is 1.19 bits per heavy atom. The van der Waals surface area contributed by atoms with E-state index in [2.05, 4.69) is 28.1 Å². The first-order valence-electron chi connectivity index (χ1n) is 9.21. The van der Waals surface area contributed by atoms with Gasteiger partial charge in [0.2, 0.25) is 11.9 Å². The van der Waals surface area contributed by atoms with Gasteiger partial charge in [-0.05, 0) is 38.3 Å². The molecule has 3 rings (SSSR count). The Morgan fingerprint density at radius 2 is 1.88 bits per heavy atom. The Balaban J connectivity index is 1.95. The zero-order valence-corrected chi connectivity index (χ0v) is 15.7. The fraction of sp³-hybridized carbons (Fsp3) is 0.450. The summed E-state index contributed by atoms with van der Waals surface area (Å²) >= 11 is 0. The number of rotatable bonds is 5. The van der Waals surface area contributed by atoms with E-state index >= 15 is 0 Å². The van der Waals surface area contributed by atoms with Gasteiger partial charge in [0.25, 0.3) is 5.56 Å². The average Bonchev–Trinajstić information content (AvgIpc) is 2.64. The normalized spacial score (nSPS) is 13.4. The third-order valence-electron chi connectivity index (χ3n) is 4.94. The van der Waals surface area contributed by atoms with Crippen molar-refractivity contribution in [2.45, 2.75) is 40.3 Å². The number of carbonyl (C=O) groups excluding carboxylic acids is 1. The second-order valence-corrected chi connectivity index (χ2v) is 6.63. The number of likely N-dealkylation sites (N-methyl/N-ethyl adjacent to an activating group) is 1. The van der Waals surface area contributed by atoms with Crippen LogP contribution in [0.15, 0.2) is 35.1 Å². The van der Waals surface area contributed by atoms with E-state index in [0.29, 0.717) is 31.3 Å². The molecule has 6 nitrogen and oxygen atoms in total. The van der Waals surface area contributed by atoms with Crippen molar-refractivity contribution in [3.8, 4) is 0 Å². The molecule has 0 N–H and O–H groups in total. The number of aryl methyl sites for hydroxylation is 1. The zero-order chi connectivity index (χ0) is 18.7. The van der Waals surface area contributed by atoms with Crippen molar-refractivity contribution >= 4 is 11.9 Å². The van der Waals surface area contributed by atoms with E-state index in [0.717, 1.165) is 13.0 Å². The van der Waals surface area contributed by atoms with Crippen molar-refractivity contribution in [1.82, 2.24) is 14.5 Å². The summed E-state index contributed by atoms with van der Waals surface area (Å²) < 4.78 is 1.52. The van der Waals surface area contributed by atoms with Crippen molar-refractivity contribution < 1.29 is 4.79 Å². The minimum Gasteiger partial charge on any atom is -0.342 e. The molecule has 26 heavy (non-hydrogen) atoms. The summed E-state index contributed by atoms with van der Waals surface area (Å²) in [5.41, 5.74) is 3.09. The summed E-state index contributed by atoms with van der Waals surface area (Å²) in [4.78, 5) is 33.6. The summed E-state index contributed by atoms with van der Waals surface area (Å²) in [6.45, 7) is 8.49. The minimum atomic E-state index is -0.174. The van der Waals surface area contributed by atoms with E-state index in [-0.39, 0.29) is 18.0 Å². The van der Waals surface area contributed by atoms with Gasteiger partial charge in [-0.3, -0.25) is 14.2 Å². The van der Waals surface area contributed by atoms with E-state index in [9.17, 15) is 9.59 Å². The van der Waals surface area contributed by atoms with Crippen molar-refractivity contribution in [1.29, 1.82) is 0 Å². The van der Waals surface area contributed by atoms with Crippen molar-refractivity contribution in [2.75, 3.05) is 24.5 Å². The quantitative estimate of drug-likeness (QED) is 0.824. The van der Waals surface area contributed by atoms with Crippen LogP contribution in [-0.2, 0) is 24.3 Å². The van der Waals surface area contributed by atoms with Gasteiger partial charge in [-0.15, -0.1) is 0 Å². The highest BCUT2D eigenvalue weighted by atomic mass is 16.2. The van der Waals surface area contributed by atoms with Crippen molar-refractivity contribution in [3.05, 3.63) is 57.5 Å². The molecule has 6 heteroatoms. The molecule has 0 saturated carbocycles. The first-order valence-corrected chi connectivity index (χ1v) is 9.21. The SMILES string of the molecule is CCN(CC)C(=O)Cn1c(N2CCc3ccccc3C2)nc(C)cc1=O. The molecule has 2 aromatic rings. The monoisotopic (exact) mass is 354 g/mol. The smallest absolute Gasteiger partial charge is 0.255 e. The van der Waals surface area contributed by atoms with Gasteiger partial charge in [0.05, 0.1) is 0 Å². The number of fused-ring (bicyclic) bond motifs is 1. The Hall–Kier alpha value is -2.63. The highest BCUT2D eigenvalue weighted by Crippen LogP contribution is 2.22. The molecule has 1 aliphatic rings. The number of aromatic nitrogens is 2. The molecular formula is C20H26N4O2. The fourth-order valence-electron chi connectivity index (χ4n) is 3.47. The van der Waals surface area contributed by atoms with Gasteiger partial charge in [0.15, 0.2) is 0 Å². The lowest BCUT2D eigenvalue weighted by Gasteiger charge is -2.31. The van der Waals surface area contributed by atoms with Crippen molar-refractivity contribution in [2.24, 2.45) is 0 Å². The molecule has 0 saturated heterocycles. The van der Waals surface area contributed by atoms with Crippen LogP contribution in [-0.4, -0.2) is 40.0 Å². The Bertz CT molecular complexity index is 855. The van der Waals surface area contributed by atoms with Crippen LogP contribution < -0.4 is 10.5 Å². The summed E-state index contributed by atoms with van der Waals surface area (Å²) in [7, 11) is 0. The highest BCUT2D eigenvalue weighted by Gasteiger charge is 2.22. The van der Waals surface area contributed by atoms with Crippen LogP contribution in [0.4, 0.5) is 5.95 Å². The number of nitrogens with zero attached hydrogens (tertiary/aromatic N) is 4. The lowest BCUT2D eigenvalue weighted by atomic mass is 10.0. The number of hydrogen-bond acceptors (Lipinski definition) is 4. The van der Waals surface area contributed by atoms with E-state index < -0.39 is 0 Å². The van der Waals surface area contributed by atoms with Gasteiger partial charge in [-0.1, -0.05) is 24.3 Å². The van der Waals surface area contributed by atoms with Crippen LogP contribution >= 0.6 is 0 Å². The van der Waals surface area contributed by atoms with Gasteiger partial charge in [0.1, 0.15) is 6.54 Å². The van der Waals surface area contributed by atoms with E-state index in [1.807, 2.05) is 26.8 Å². The van der Waals surface area contributed by atoms with Crippen LogP contribution in [0.3, 0.4) is 0 Å². The lowest BCUT2D eigenvalue weighted by Crippen LogP contribution is -2.40. The first-order chi connectivity index (χ1) is 12.5. The summed E-state index contributed by atoms with van der Waals surface area (Å²) in [6, 6.07) is 9.84. The van der Waals surface area contributed by atoms with Crippen molar-refractivity contribution in [3.63, 3.8) is 0 Å². The molecule has 1 aliphatic heterocycles. The second-order valence-electron chi connectivity index (χ2n) is 6.63. The molecule has 0 spiro atoms. The molecular weight excluding hydrogens is 328 g/mol. The predicted molar refractivity (Wildman–Crippen MR) is 102 cm³/mol. The van der Waals surface area contributed by atoms with Crippen LogP contribution in [0.5, 0.6) is 0 Å². The summed E-state index contributed by atoms with van der Waals surface area (Å²) in [5.74, 6) is 0.534. The van der Waals surface area contributed by atoms with E-state index in [1.54, 1.807) is 4.90 Å².